The monoisotopic (exact) mass is 446 g/mol. The van der Waals surface area contributed by atoms with E-state index in [0.717, 1.165) is 13.0 Å². The number of carbonyl (C=O) groups excluding carboxylic acids is 3. The number of aryl methyl sites for hydroxylation is 2. The summed E-state index contributed by atoms with van der Waals surface area (Å²) in [5.41, 5.74) is 1.56. The summed E-state index contributed by atoms with van der Waals surface area (Å²) in [5, 5.41) is 16.8. The summed E-state index contributed by atoms with van der Waals surface area (Å²) >= 11 is 0. The van der Waals surface area contributed by atoms with Crippen LogP contribution in [0.15, 0.2) is 24.5 Å². The number of carboxylic acid groups (broad SMARTS) is 1. The van der Waals surface area contributed by atoms with Gasteiger partial charge in [-0.1, -0.05) is 0 Å². The molecule has 2 rings (SSSR count). The molecule has 0 aliphatic rings. The number of hydrogen-bond donors (Lipinski definition) is 4. The van der Waals surface area contributed by atoms with E-state index in [-0.39, 0.29) is 24.4 Å². The molecule has 4 N–H and O–H groups in total. The molecule has 0 saturated heterocycles. The van der Waals surface area contributed by atoms with Crippen LogP contribution in [0.25, 0.3) is 0 Å². The molecule has 0 saturated carbocycles. The second-order valence-corrected chi connectivity index (χ2v) is 7.76. The Hall–Kier alpha value is -3.60. The third kappa shape index (κ3) is 7.27. The predicted octanol–water partition coefficient (Wildman–Crippen LogP) is 1.10. The maximum absolute atomic E-state index is 12.7. The zero-order valence-electron chi connectivity index (χ0n) is 18.8. The van der Waals surface area contributed by atoms with E-state index >= 15 is 0 Å². The van der Waals surface area contributed by atoms with Crippen LogP contribution in [0.3, 0.4) is 0 Å². The van der Waals surface area contributed by atoms with Crippen molar-refractivity contribution in [3.05, 3.63) is 35.9 Å². The molecular formula is C21H30N6O5. The number of hydrogen-bond acceptors (Lipinski definition) is 5. The third-order valence-electron chi connectivity index (χ3n) is 4.65. The van der Waals surface area contributed by atoms with Gasteiger partial charge in [0.1, 0.15) is 11.4 Å². The van der Waals surface area contributed by atoms with Crippen molar-refractivity contribution in [2.45, 2.75) is 19.3 Å². The molecule has 0 spiro atoms. The third-order valence-corrected chi connectivity index (χ3v) is 4.65. The van der Waals surface area contributed by atoms with Crippen LogP contribution in [0.2, 0.25) is 0 Å². The Morgan fingerprint density at radius 3 is 2.03 bits per heavy atom. The average Bonchev–Trinajstić information content (AvgIpc) is 3.25. The van der Waals surface area contributed by atoms with Gasteiger partial charge in [-0.15, -0.1) is 0 Å². The minimum Gasteiger partial charge on any atom is -0.481 e. The van der Waals surface area contributed by atoms with Crippen LogP contribution in [-0.4, -0.2) is 70.0 Å². The Kier molecular flexibility index (Phi) is 8.59. The van der Waals surface area contributed by atoms with Gasteiger partial charge < -0.3 is 35.1 Å². The van der Waals surface area contributed by atoms with Crippen LogP contribution in [0.1, 0.15) is 40.2 Å². The lowest BCUT2D eigenvalue weighted by atomic mass is 10.3. The number of amides is 3. The fourth-order valence-electron chi connectivity index (χ4n) is 3.04. The number of carboxylic acids is 1. The van der Waals surface area contributed by atoms with E-state index in [9.17, 15) is 19.2 Å². The van der Waals surface area contributed by atoms with Gasteiger partial charge in [-0.2, -0.15) is 0 Å². The van der Waals surface area contributed by atoms with Crippen molar-refractivity contribution in [1.82, 2.24) is 19.4 Å². The molecule has 0 aliphatic carbocycles. The molecule has 0 fully saturated rings. The average molecular weight is 447 g/mol. The van der Waals surface area contributed by atoms with Gasteiger partial charge in [0.25, 0.3) is 11.8 Å². The number of rotatable bonds is 11. The molecule has 11 nitrogen and oxygen atoms in total. The summed E-state index contributed by atoms with van der Waals surface area (Å²) in [5.74, 6) is -2.15. The van der Waals surface area contributed by atoms with E-state index in [4.69, 9.17) is 5.11 Å². The van der Waals surface area contributed by atoms with E-state index < -0.39 is 17.8 Å². The minimum atomic E-state index is -1.06. The van der Waals surface area contributed by atoms with Crippen molar-refractivity contribution in [2.24, 2.45) is 14.1 Å². The van der Waals surface area contributed by atoms with Crippen LogP contribution < -0.4 is 16.0 Å². The highest BCUT2D eigenvalue weighted by molar-refractivity contribution is 6.05. The first kappa shape index (κ1) is 24.7. The fourth-order valence-corrected chi connectivity index (χ4v) is 3.04. The first-order chi connectivity index (χ1) is 15.1. The number of anilines is 2. The summed E-state index contributed by atoms with van der Waals surface area (Å²) in [6.07, 6.45) is 3.60. The molecule has 32 heavy (non-hydrogen) atoms. The molecule has 0 unspecified atom stereocenters. The van der Waals surface area contributed by atoms with Crippen LogP contribution in [0.4, 0.5) is 11.4 Å². The predicted molar refractivity (Wildman–Crippen MR) is 120 cm³/mol. The fraction of sp³-hybridized carbons (Fsp3) is 0.429. The SMILES string of the molecule is CN(C)CCCNC(=O)c1cc(NC(=O)c2cc(NC(=O)CCC(=O)O)cn2C)cn1C. The highest BCUT2D eigenvalue weighted by Gasteiger charge is 2.17. The summed E-state index contributed by atoms with van der Waals surface area (Å²) in [7, 11) is 7.31. The van der Waals surface area contributed by atoms with Crippen molar-refractivity contribution in [3.8, 4) is 0 Å². The first-order valence-electron chi connectivity index (χ1n) is 10.2. The molecule has 0 aliphatic heterocycles. The molecule has 0 radical (unpaired) electrons. The highest BCUT2D eigenvalue weighted by Crippen LogP contribution is 2.17. The zero-order chi connectivity index (χ0) is 23.8. The highest BCUT2D eigenvalue weighted by atomic mass is 16.4. The largest absolute Gasteiger partial charge is 0.481 e. The lowest BCUT2D eigenvalue weighted by molar-refractivity contribution is -0.138. The van der Waals surface area contributed by atoms with Crippen molar-refractivity contribution in [2.75, 3.05) is 37.8 Å². The second kappa shape index (κ2) is 11.1. The summed E-state index contributed by atoms with van der Waals surface area (Å²) < 4.78 is 3.18. The van der Waals surface area contributed by atoms with Crippen molar-refractivity contribution >= 4 is 35.1 Å². The van der Waals surface area contributed by atoms with E-state index in [1.54, 1.807) is 41.7 Å². The Bertz CT molecular complexity index is 991. The number of aromatic nitrogens is 2. The topological polar surface area (TPSA) is 138 Å². The molecule has 11 heteroatoms. The van der Waals surface area contributed by atoms with Gasteiger partial charge in [0.05, 0.1) is 17.8 Å². The van der Waals surface area contributed by atoms with E-state index in [0.29, 0.717) is 23.6 Å². The first-order valence-corrected chi connectivity index (χ1v) is 10.2. The number of nitrogens with one attached hydrogen (secondary N) is 3. The Balaban J connectivity index is 1.97. The minimum absolute atomic E-state index is 0.157. The lowest BCUT2D eigenvalue weighted by Gasteiger charge is -2.10. The quantitative estimate of drug-likeness (QED) is 0.382. The van der Waals surface area contributed by atoms with Crippen molar-refractivity contribution < 1.29 is 24.3 Å². The smallest absolute Gasteiger partial charge is 0.303 e. The standard InChI is InChI=1S/C21H30N6O5/c1-25(2)9-5-8-22-20(31)16-11-15(13-26(16)3)24-21(32)17-10-14(12-27(17)4)23-18(28)6-7-19(29)30/h10-13H,5-9H2,1-4H3,(H,22,31)(H,23,28)(H,24,32)(H,29,30). The molecular weight excluding hydrogens is 416 g/mol. The van der Waals surface area contributed by atoms with Crippen molar-refractivity contribution in [1.29, 1.82) is 0 Å². The van der Waals surface area contributed by atoms with Gasteiger partial charge in [0.2, 0.25) is 5.91 Å². The molecule has 3 amide bonds. The molecule has 2 aromatic rings. The Morgan fingerprint density at radius 2 is 1.47 bits per heavy atom. The van der Waals surface area contributed by atoms with E-state index in [2.05, 4.69) is 16.0 Å². The van der Waals surface area contributed by atoms with Gasteiger partial charge in [-0.3, -0.25) is 19.2 Å². The molecule has 0 aromatic carbocycles. The van der Waals surface area contributed by atoms with Gasteiger partial charge >= 0.3 is 5.97 Å². The Labute approximate surface area is 186 Å². The van der Waals surface area contributed by atoms with Gasteiger partial charge in [0, 0.05) is 39.5 Å². The summed E-state index contributed by atoms with van der Waals surface area (Å²) in [4.78, 5) is 49.5. The normalized spacial score (nSPS) is 10.8. The molecule has 2 aromatic heterocycles. The van der Waals surface area contributed by atoms with Crippen LogP contribution in [-0.2, 0) is 23.7 Å². The maximum Gasteiger partial charge on any atom is 0.303 e. The molecule has 0 atom stereocenters. The molecule has 2 heterocycles. The Morgan fingerprint density at radius 1 is 0.906 bits per heavy atom. The molecule has 0 bridgehead atoms. The van der Waals surface area contributed by atoms with Crippen LogP contribution in [0, 0.1) is 0 Å². The molecule has 174 valence electrons. The van der Waals surface area contributed by atoms with Gasteiger partial charge in [0.15, 0.2) is 0 Å². The maximum atomic E-state index is 12.7. The van der Waals surface area contributed by atoms with Crippen molar-refractivity contribution in [3.63, 3.8) is 0 Å². The number of aliphatic carboxylic acids is 1. The zero-order valence-corrected chi connectivity index (χ0v) is 18.8. The number of nitrogens with zero attached hydrogens (tertiary/aromatic N) is 3. The van der Waals surface area contributed by atoms with E-state index in [1.807, 2.05) is 19.0 Å². The van der Waals surface area contributed by atoms with Gasteiger partial charge in [-0.25, -0.2) is 0 Å². The second-order valence-electron chi connectivity index (χ2n) is 7.76. The van der Waals surface area contributed by atoms with Crippen LogP contribution in [0.5, 0.6) is 0 Å². The van der Waals surface area contributed by atoms with Crippen LogP contribution >= 0.6 is 0 Å². The summed E-state index contributed by atoms with van der Waals surface area (Å²) in [6, 6.07) is 3.09. The summed E-state index contributed by atoms with van der Waals surface area (Å²) in [6.45, 7) is 1.42. The lowest BCUT2D eigenvalue weighted by Crippen LogP contribution is -2.28. The number of carbonyl (C=O) groups is 4. The van der Waals surface area contributed by atoms with E-state index in [1.165, 1.54) is 6.07 Å². The van der Waals surface area contributed by atoms with Gasteiger partial charge in [-0.05, 0) is 39.2 Å².